The van der Waals surface area contributed by atoms with Crippen LogP contribution in [0.1, 0.15) is 0 Å². The molecular weight excluding hydrogens is 240 g/mol. The third-order valence-electron chi connectivity index (χ3n) is 4.56. The van der Waals surface area contributed by atoms with Crippen LogP contribution in [0.2, 0.25) is 0 Å². The lowest BCUT2D eigenvalue weighted by atomic mass is 9.57. The average molecular weight is 264 g/mol. The Labute approximate surface area is 107 Å². The lowest BCUT2D eigenvalue weighted by Crippen LogP contribution is -2.53. The quantitative estimate of drug-likeness (QED) is 0.319. The van der Waals surface area contributed by atoms with Gasteiger partial charge in [-0.15, -0.1) is 0 Å². The van der Waals surface area contributed by atoms with Crippen molar-refractivity contribution in [3.8, 4) is 0 Å². The highest BCUT2D eigenvalue weighted by Gasteiger charge is 2.48. The van der Waals surface area contributed by atoms with E-state index >= 15 is 0 Å². The molecule has 0 amide bonds. The van der Waals surface area contributed by atoms with Crippen LogP contribution in [0.3, 0.4) is 0 Å². The zero-order valence-electron chi connectivity index (χ0n) is 10.4. The van der Waals surface area contributed by atoms with Crippen molar-refractivity contribution < 1.29 is 30.6 Å². The van der Waals surface area contributed by atoms with Crippen LogP contribution in [0.4, 0.5) is 0 Å². The molecular formula is C12H24O6. The number of hydrogen-bond donors (Lipinski definition) is 6. The monoisotopic (exact) mass is 264 g/mol. The van der Waals surface area contributed by atoms with Gasteiger partial charge >= 0.3 is 0 Å². The van der Waals surface area contributed by atoms with E-state index in [2.05, 4.69) is 0 Å². The highest BCUT2D eigenvalue weighted by Crippen LogP contribution is 2.45. The first-order valence-corrected chi connectivity index (χ1v) is 6.35. The van der Waals surface area contributed by atoms with Gasteiger partial charge < -0.3 is 30.6 Å². The molecule has 1 aliphatic carbocycles. The lowest BCUT2D eigenvalue weighted by molar-refractivity contribution is -0.118. The largest absolute Gasteiger partial charge is 0.396 e. The van der Waals surface area contributed by atoms with Gasteiger partial charge in [-0.2, -0.15) is 0 Å². The van der Waals surface area contributed by atoms with Crippen LogP contribution in [0, 0.1) is 35.5 Å². The number of aliphatic hydroxyl groups is 6. The number of aliphatic hydroxyl groups excluding tert-OH is 6. The number of hydrogen-bond acceptors (Lipinski definition) is 6. The third-order valence-corrected chi connectivity index (χ3v) is 4.56. The van der Waals surface area contributed by atoms with E-state index in [1.807, 2.05) is 0 Å². The van der Waals surface area contributed by atoms with Gasteiger partial charge in [0.15, 0.2) is 0 Å². The second-order valence-corrected chi connectivity index (χ2v) is 5.08. The lowest BCUT2D eigenvalue weighted by Gasteiger charge is -2.49. The van der Waals surface area contributed by atoms with Crippen molar-refractivity contribution in [2.24, 2.45) is 35.5 Å². The van der Waals surface area contributed by atoms with Crippen molar-refractivity contribution in [2.75, 3.05) is 39.6 Å². The smallest absolute Gasteiger partial charge is 0.0466 e. The molecule has 0 aromatic heterocycles. The molecule has 0 atom stereocenters. The molecule has 1 fully saturated rings. The molecule has 0 heterocycles. The second kappa shape index (κ2) is 7.37. The van der Waals surface area contributed by atoms with Crippen LogP contribution in [-0.2, 0) is 0 Å². The van der Waals surface area contributed by atoms with Gasteiger partial charge in [-0.25, -0.2) is 0 Å². The summed E-state index contributed by atoms with van der Waals surface area (Å²) < 4.78 is 0. The van der Waals surface area contributed by atoms with Gasteiger partial charge in [0, 0.05) is 39.6 Å². The second-order valence-electron chi connectivity index (χ2n) is 5.08. The van der Waals surface area contributed by atoms with Gasteiger partial charge in [0.25, 0.3) is 0 Å². The molecule has 0 spiro atoms. The summed E-state index contributed by atoms with van der Waals surface area (Å²) in [5, 5.41) is 56.6. The van der Waals surface area contributed by atoms with Gasteiger partial charge in [-0.3, -0.25) is 0 Å². The molecule has 6 N–H and O–H groups in total. The Morgan fingerprint density at radius 1 is 0.333 bits per heavy atom. The molecule has 0 radical (unpaired) electrons. The molecule has 0 aromatic carbocycles. The molecule has 0 aromatic rings. The normalized spacial score (nSPS) is 41.0. The average Bonchev–Trinajstić information content (AvgIpc) is 2.43. The molecule has 108 valence electrons. The summed E-state index contributed by atoms with van der Waals surface area (Å²) in [6, 6.07) is 0. The maximum atomic E-state index is 9.43. The molecule has 0 unspecified atom stereocenters. The fraction of sp³-hybridized carbons (Fsp3) is 1.00. The maximum Gasteiger partial charge on any atom is 0.0466 e. The van der Waals surface area contributed by atoms with Gasteiger partial charge in [0.2, 0.25) is 0 Å². The Kier molecular flexibility index (Phi) is 6.48. The molecule has 1 rings (SSSR count). The Balaban J connectivity index is 3.06. The maximum absolute atomic E-state index is 9.43. The minimum absolute atomic E-state index is 0.221. The van der Waals surface area contributed by atoms with Crippen LogP contribution in [0.25, 0.3) is 0 Å². The first-order valence-electron chi connectivity index (χ1n) is 6.35. The molecule has 0 saturated heterocycles. The molecule has 18 heavy (non-hydrogen) atoms. The highest BCUT2D eigenvalue weighted by molar-refractivity contribution is 4.95. The Morgan fingerprint density at radius 2 is 0.444 bits per heavy atom. The Hall–Kier alpha value is -0.240. The Morgan fingerprint density at radius 3 is 0.500 bits per heavy atom. The summed E-state index contributed by atoms with van der Waals surface area (Å²) in [7, 11) is 0. The van der Waals surface area contributed by atoms with Gasteiger partial charge in [-0.05, 0) is 35.5 Å². The SMILES string of the molecule is OCC1C(CO)C(CO)C(CO)C(CO)C1CO. The Bertz CT molecular complexity index is 163. The van der Waals surface area contributed by atoms with Crippen LogP contribution in [0.5, 0.6) is 0 Å². The first-order chi connectivity index (χ1) is 8.69. The molecule has 0 aliphatic heterocycles. The zero-order valence-corrected chi connectivity index (χ0v) is 10.4. The van der Waals surface area contributed by atoms with Crippen LogP contribution >= 0.6 is 0 Å². The van der Waals surface area contributed by atoms with Crippen molar-refractivity contribution >= 4 is 0 Å². The first kappa shape index (κ1) is 15.8. The van der Waals surface area contributed by atoms with E-state index in [1.54, 1.807) is 0 Å². The van der Waals surface area contributed by atoms with Gasteiger partial charge in [0.05, 0.1) is 0 Å². The third kappa shape index (κ3) is 2.68. The van der Waals surface area contributed by atoms with Crippen molar-refractivity contribution in [2.45, 2.75) is 0 Å². The van der Waals surface area contributed by atoms with Gasteiger partial charge in [0.1, 0.15) is 0 Å². The topological polar surface area (TPSA) is 121 Å². The van der Waals surface area contributed by atoms with E-state index in [9.17, 15) is 30.6 Å². The van der Waals surface area contributed by atoms with E-state index in [4.69, 9.17) is 0 Å². The van der Waals surface area contributed by atoms with Crippen LogP contribution in [0.15, 0.2) is 0 Å². The van der Waals surface area contributed by atoms with Crippen molar-refractivity contribution in [1.82, 2.24) is 0 Å². The fourth-order valence-corrected chi connectivity index (χ4v) is 3.53. The standard InChI is InChI=1S/C12H24O6/c13-1-7-8(2-14)10(4-16)12(6-18)11(5-17)9(7)3-15/h7-18H,1-6H2. The predicted octanol–water partition coefficient (Wildman–Crippen LogP) is -2.35. The van der Waals surface area contributed by atoms with E-state index < -0.39 is 0 Å². The fourth-order valence-electron chi connectivity index (χ4n) is 3.53. The number of rotatable bonds is 6. The van der Waals surface area contributed by atoms with Crippen LogP contribution in [-0.4, -0.2) is 70.3 Å². The zero-order chi connectivity index (χ0) is 13.7. The minimum atomic E-state index is -0.378. The van der Waals surface area contributed by atoms with Gasteiger partial charge in [-0.1, -0.05) is 0 Å². The summed E-state index contributed by atoms with van der Waals surface area (Å²) in [5.74, 6) is -2.27. The predicted molar refractivity (Wildman–Crippen MR) is 63.5 cm³/mol. The van der Waals surface area contributed by atoms with Crippen molar-refractivity contribution in [1.29, 1.82) is 0 Å². The summed E-state index contributed by atoms with van der Waals surface area (Å²) >= 11 is 0. The van der Waals surface area contributed by atoms with E-state index in [0.29, 0.717) is 0 Å². The highest BCUT2D eigenvalue weighted by atomic mass is 16.3. The summed E-state index contributed by atoms with van der Waals surface area (Å²) in [6.07, 6.45) is 0. The van der Waals surface area contributed by atoms with E-state index in [1.165, 1.54) is 0 Å². The van der Waals surface area contributed by atoms with E-state index in [0.717, 1.165) is 0 Å². The van der Waals surface area contributed by atoms with E-state index in [-0.39, 0.29) is 75.1 Å². The molecule has 1 saturated carbocycles. The summed E-state index contributed by atoms with van der Waals surface area (Å²) in [4.78, 5) is 0. The molecule has 0 bridgehead atoms. The van der Waals surface area contributed by atoms with Crippen LogP contribution < -0.4 is 0 Å². The van der Waals surface area contributed by atoms with Crippen molar-refractivity contribution in [3.63, 3.8) is 0 Å². The molecule has 6 nitrogen and oxygen atoms in total. The minimum Gasteiger partial charge on any atom is -0.396 e. The summed E-state index contributed by atoms with van der Waals surface area (Å²) in [6.45, 7) is -1.32. The van der Waals surface area contributed by atoms with Crippen molar-refractivity contribution in [3.05, 3.63) is 0 Å². The molecule has 1 aliphatic rings. The summed E-state index contributed by atoms with van der Waals surface area (Å²) in [5.41, 5.74) is 0. The molecule has 6 heteroatoms.